The van der Waals surface area contributed by atoms with Crippen molar-refractivity contribution in [3.63, 3.8) is 0 Å². The van der Waals surface area contributed by atoms with E-state index in [0.717, 1.165) is 16.7 Å². The normalized spacial score (nSPS) is 11.3. The maximum Gasteiger partial charge on any atom is 0.263 e. The Labute approximate surface area is 119 Å². The first-order valence-corrected chi connectivity index (χ1v) is 7.74. The van der Waals surface area contributed by atoms with E-state index in [0.29, 0.717) is 5.69 Å². The average molecular weight is 290 g/mol. The van der Waals surface area contributed by atoms with Crippen LogP contribution in [0.25, 0.3) is 0 Å². The van der Waals surface area contributed by atoms with Gasteiger partial charge < -0.3 is 5.73 Å². The number of nitrogen functional groups attached to an aromatic ring is 1. The van der Waals surface area contributed by atoms with E-state index in [-0.39, 0.29) is 10.6 Å². The molecule has 0 unspecified atom stereocenters. The number of nitrogens with two attached hydrogens (primary N) is 1. The minimum Gasteiger partial charge on any atom is -0.398 e. The first-order valence-electron chi connectivity index (χ1n) is 6.26. The molecule has 0 heterocycles. The van der Waals surface area contributed by atoms with Crippen molar-refractivity contribution in [3.05, 3.63) is 53.1 Å². The number of sulfonamides is 1. The summed E-state index contributed by atoms with van der Waals surface area (Å²) in [6, 6.07) is 10.3. The van der Waals surface area contributed by atoms with Crippen LogP contribution < -0.4 is 10.5 Å². The van der Waals surface area contributed by atoms with E-state index in [2.05, 4.69) is 4.72 Å². The lowest BCUT2D eigenvalue weighted by Crippen LogP contribution is -2.15. The van der Waals surface area contributed by atoms with Gasteiger partial charge in [0.1, 0.15) is 4.90 Å². The second-order valence-electron chi connectivity index (χ2n) is 4.95. The highest BCUT2D eigenvalue weighted by molar-refractivity contribution is 7.92. The van der Waals surface area contributed by atoms with Crippen LogP contribution in [0.3, 0.4) is 0 Å². The van der Waals surface area contributed by atoms with Crippen LogP contribution in [0.5, 0.6) is 0 Å². The van der Waals surface area contributed by atoms with Gasteiger partial charge in [-0.05, 0) is 61.7 Å². The minimum atomic E-state index is -3.67. The number of nitrogens with one attached hydrogen (secondary N) is 1. The molecule has 0 aliphatic rings. The summed E-state index contributed by atoms with van der Waals surface area (Å²) in [4.78, 5) is 0.0985. The first kappa shape index (κ1) is 14.4. The van der Waals surface area contributed by atoms with Crippen molar-refractivity contribution in [1.29, 1.82) is 0 Å². The molecule has 0 atom stereocenters. The molecular formula is C15H18N2O2S. The lowest BCUT2D eigenvalue weighted by molar-refractivity contribution is 0.601. The van der Waals surface area contributed by atoms with Gasteiger partial charge in [-0.3, -0.25) is 4.72 Å². The molecule has 2 rings (SSSR count). The number of benzene rings is 2. The summed E-state index contributed by atoms with van der Waals surface area (Å²) in [5.74, 6) is 0. The zero-order valence-corrected chi connectivity index (χ0v) is 12.6. The van der Waals surface area contributed by atoms with Crippen molar-refractivity contribution in [2.24, 2.45) is 0 Å². The predicted octanol–water partition coefficient (Wildman–Crippen LogP) is 2.99. The van der Waals surface area contributed by atoms with Gasteiger partial charge in [0.05, 0.1) is 5.69 Å². The van der Waals surface area contributed by atoms with Gasteiger partial charge in [-0.15, -0.1) is 0 Å². The van der Waals surface area contributed by atoms with Crippen molar-refractivity contribution in [3.8, 4) is 0 Å². The molecule has 4 nitrogen and oxygen atoms in total. The van der Waals surface area contributed by atoms with Crippen LogP contribution in [0.2, 0.25) is 0 Å². The summed E-state index contributed by atoms with van der Waals surface area (Å²) >= 11 is 0. The molecule has 2 aromatic carbocycles. The van der Waals surface area contributed by atoms with Crippen molar-refractivity contribution in [2.45, 2.75) is 25.7 Å². The average Bonchev–Trinajstić information content (AvgIpc) is 2.33. The standard InChI is InChI=1S/C15H18N2O2S/c1-10-4-7-15(14(16)8-10)20(18,19)17-13-6-5-11(2)12(3)9-13/h4-9,17H,16H2,1-3H3. The molecule has 3 N–H and O–H groups in total. The fourth-order valence-corrected chi connectivity index (χ4v) is 3.09. The van der Waals surface area contributed by atoms with Gasteiger partial charge in [0.25, 0.3) is 10.0 Å². The number of hydrogen-bond donors (Lipinski definition) is 2. The lowest BCUT2D eigenvalue weighted by Gasteiger charge is -2.12. The van der Waals surface area contributed by atoms with Crippen molar-refractivity contribution < 1.29 is 8.42 Å². The van der Waals surface area contributed by atoms with Gasteiger partial charge in [0.2, 0.25) is 0 Å². The molecule has 0 saturated carbocycles. The van der Waals surface area contributed by atoms with Crippen LogP contribution in [-0.4, -0.2) is 8.42 Å². The van der Waals surface area contributed by atoms with Crippen LogP contribution >= 0.6 is 0 Å². The monoisotopic (exact) mass is 290 g/mol. The Balaban J connectivity index is 2.38. The SMILES string of the molecule is Cc1ccc(S(=O)(=O)Nc2ccc(C)c(C)c2)c(N)c1. The Morgan fingerprint density at radius 3 is 2.25 bits per heavy atom. The molecule has 106 valence electrons. The van der Waals surface area contributed by atoms with E-state index in [9.17, 15) is 8.42 Å². The molecule has 0 aromatic heterocycles. The van der Waals surface area contributed by atoms with Gasteiger partial charge >= 0.3 is 0 Å². The lowest BCUT2D eigenvalue weighted by atomic mass is 10.1. The molecular weight excluding hydrogens is 272 g/mol. The van der Waals surface area contributed by atoms with Crippen LogP contribution in [-0.2, 0) is 10.0 Å². The second-order valence-corrected chi connectivity index (χ2v) is 6.60. The Hall–Kier alpha value is -2.01. The number of rotatable bonds is 3. The van der Waals surface area contributed by atoms with Gasteiger partial charge in [0.15, 0.2) is 0 Å². The van der Waals surface area contributed by atoms with E-state index in [1.807, 2.05) is 26.8 Å². The minimum absolute atomic E-state index is 0.0985. The summed E-state index contributed by atoms with van der Waals surface area (Å²) in [5.41, 5.74) is 9.65. The van der Waals surface area contributed by atoms with Crippen molar-refractivity contribution >= 4 is 21.4 Å². The Morgan fingerprint density at radius 2 is 1.65 bits per heavy atom. The first-order chi connectivity index (χ1) is 9.29. The molecule has 0 radical (unpaired) electrons. The summed E-state index contributed by atoms with van der Waals surface area (Å²) in [7, 11) is -3.67. The second kappa shape index (κ2) is 5.17. The maximum atomic E-state index is 12.3. The molecule has 0 fully saturated rings. The third kappa shape index (κ3) is 2.93. The molecule has 2 aromatic rings. The maximum absolute atomic E-state index is 12.3. The van der Waals surface area contributed by atoms with Gasteiger partial charge in [0, 0.05) is 5.69 Å². The third-order valence-corrected chi connectivity index (χ3v) is 4.67. The van der Waals surface area contributed by atoms with E-state index >= 15 is 0 Å². The topological polar surface area (TPSA) is 72.2 Å². The fraction of sp³-hybridized carbons (Fsp3) is 0.200. The van der Waals surface area contributed by atoms with Crippen molar-refractivity contribution in [1.82, 2.24) is 0 Å². The highest BCUT2D eigenvalue weighted by Crippen LogP contribution is 2.23. The zero-order valence-electron chi connectivity index (χ0n) is 11.8. The van der Waals surface area contributed by atoms with Crippen LogP contribution in [0.1, 0.15) is 16.7 Å². The predicted molar refractivity (Wildman–Crippen MR) is 82.3 cm³/mol. The third-order valence-electron chi connectivity index (χ3n) is 3.21. The number of hydrogen-bond acceptors (Lipinski definition) is 3. The molecule has 0 bridgehead atoms. The number of aryl methyl sites for hydroxylation is 3. The molecule has 5 heteroatoms. The van der Waals surface area contributed by atoms with E-state index < -0.39 is 10.0 Å². The van der Waals surface area contributed by atoms with Crippen LogP contribution in [0, 0.1) is 20.8 Å². The molecule has 20 heavy (non-hydrogen) atoms. The summed E-state index contributed by atoms with van der Waals surface area (Å²) in [5, 5.41) is 0. The Morgan fingerprint density at radius 1 is 0.950 bits per heavy atom. The largest absolute Gasteiger partial charge is 0.398 e. The molecule has 0 aliphatic heterocycles. The quantitative estimate of drug-likeness (QED) is 0.854. The van der Waals surface area contributed by atoms with Gasteiger partial charge in [-0.25, -0.2) is 8.42 Å². The Bertz CT molecular complexity index is 752. The van der Waals surface area contributed by atoms with E-state index in [4.69, 9.17) is 5.73 Å². The van der Waals surface area contributed by atoms with Gasteiger partial charge in [-0.2, -0.15) is 0 Å². The molecule has 0 saturated heterocycles. The van der Waals surface area contributed by atoms with E-state index in [1.165, 1.54) is 6.07 Å². The summed E-state index contributed by atoms with van der Waals surface area (Å²) in [6.07, 6.45) is 0. The molecule has 0 aliphatic carbocycles. The zero-order chi connectivity index (χ0) is 14.9. The van der Waals surface area contributed by atoms with Gasteiger partial charge in [-0.1, -0.05) is 12.1 Å². The Kier molecular flexibility index (Phi) is 3.72. The van der Waals surface area contributed by atoms with E-state index in [1.54, 1.807) is 24.3 Å². The van der Waals surface area contributed by atoms with Crippen LogP contribution in [0.4, 0.5) is 11.4 Å². The van der Waals surface area contributed by atoms with Crippen molar-refractivity contribution in [2.75, 3.05) is 10.5 Å². The molecule has 0 spiro atoms. The molecule has 0 amide bonds. The fourth-order valence-electron chi connectivity index (χ4n) is 1.93. The highest BCUT2D eigenvalue weighted by Gasteiger charge is 2.17. The summed E-state index contributed by atoms with van der Waals surface area (Å²) in [6.45, 7) is 5.78. The smallest absolute Gasteiger partial charge is 0.263 e. The highest BCUT2D eigenvalue weighted by atomic mass is 32.2. The number of anilines is 2. The van der Waals surface area contributed by atoms with Crippen LogP contribution in [0.15, 0.2) is 41.3 Å². The summed E-state index contributed by atoms with van der Waals surface area (Å²) < 4.78 is 27.2.